The third-order valence-electron chi connectivity index (χ3n) is 4.37. The van der Waals surface area contributed by atoms with E-state index in [4.69, 9.17) is 5.11 Å². The van der Waals surface area contributed by atoms with E-state index in [1.165, 1.54) is 0 Å². The van der Waals surface area contributed by atoms with Crippen LogP contribution in [0.3, 0.4) is 0 Å². The molecule has 136 valence electrons. The second kappa shape index (κ2) is 8.47. The molecular formula is C20H23N3O3. The summed E-state index contributed by atoms with van der Waals surface area (Å²) in [5, 5.41) is 11.5. The Labute approximate surface area is 152 Å². The number of pyridine rings is 1. The van der Waals surface area contributed by atoms with Crippen LogP contribution in [0.2, 0.25) is 0 Å². The molecule has 1 aliphatic rings. The second-order valence-corrected chi connectivity index (χ2v) is 6.53. The van der Waals surface area contributed by atoms with E-state index < -0.39 is 5.97 Å². The fourth-order valence-corrected chi connectivity index (χ4v) is 2.87. The molecule has 1 aromatic carbocycles. The smallest absolute Gasteiger partial charge is 0.317 e. The van der Waals surface area contributed by atoms with Gasteiger partial charge in [-0.3, -0.25) is 9.78 Å². The zero-order chi connectivity index (χ0) is 18.4. The van der Waals surface area contributed by atoms with Crippen LogP contribution in [-0.2, 0) is 11.3 Å². The number of aromatic nitrogens is 1. The number of benzene rings is 1. The van der Waals surface area contributed by atoms with Crippen LogP contribution in [-0.4, -0.2) is 39.6 Å². The first kappa shape index (κ1) is 17.9. The summed E-state index contributed by atoms with van der Waals surface area (Å²) < 4.78 is 0. The van der Waals surface area contributed by atoms with Crippen molar-refractivity contribution in [1.82, 2.24) is 15.2 Å². The van der Waals surface area contributed by atoms with Gasteiger partial charge in [-0.25, -0.2) is 4.79 Å². The minimum Gasteiger partial charge on any atom is -0.481 e. The molecule has 0 radical (unpaired) electrons. The molecule has 1 aromatic heterocycles. The summed E-state index contributed by atoms with van der Waals surface area (Å²) in [6, 6.07) is 12.2. The van der Waals surface area contributed by atoms with Crippen molar-refractivity contribution in [3.63, 3.8) is 0 Å². The Morgan fingerprint density at radius 2 is 2.00 bits per heavy atom. The average Bonchev–Trinajstić information content (AvgIpc) is 3.49. The molecule has 0 spiro atoms. The molecule has 1 saturated carbocycles. The van der Waals surface area contributed by atoms with Gasteiger partial charge in [0.2, 0.25) is 0 Å². The highest BCUT2D eigenvalue weighted by molar-refractivity contribution is 5.75. The minimum absolute atomic E-state index is 0.0663. The van der Waals surface area contributed by atoms with Crippen LogP contribution in [0.4, 0.5) is 4.79 Å². The van der Waals surface area contributed by atoms with E-state index in [0.29, 0.717) is 19.5 Å². The van der Waals surface area contributed by atoms with Crippen molar-refractivity contribution in [2.75, 3.05) is 6.54 Å². The molecule has 3 rings (SSSR count). The van der Waals surface area contributed by atoms with Crippen molar-refractivity contribution >= 4 is 12.0 Å². The topological polar surface area (TPSA) is 82.5 Å². The fourth-order valence-electron chi connectivity index (χ4n) is 2.87. The highest BCUT2D eigenvalue weighted by Crippen LogP contribution is 2.29. The highest BCUT2D eigenvalue weighted by Gasteiger charge is 2.32. The third-order valence-corrected chi connectivity index (χ3v) is 4.37. The Hall–Kier alpha value is -2.89. The molecule has 1 heterocycles. The number of rotatable bonds is 8. The van der Waals surface area contributed by atoms with Gasteiger partial charge in [0.05, 0.1) is 0 Å². The molecule has 0 saturated heterocycles. The summed E-state index contributed by atoms with van der Waals surface area (Å²) in [5.41, 5.74) is 3.19. The van der Waals surface area contributed by atoms with E-state index in [1.54, 1.807) is 6.20 Å². The number of carbonyl (C=O) groups excluding carboxylic acids is 1. The number of aliphatic carboxylic acids is 1. The fraction of sp³-hybridized carbons (Fsp3) is 0.350. The van der Waals surface area contributed by atoms with Crippen LogP contribution >= 0.6 is 0 Å². The van der Waals surface area contributed by atoms with Gasteiger partial charge in [0.1, 0.15) is 0 Å². The van der Waals surface area contributed by atoms with Crippen LogP contribution in [0.5, 0.6) is 0 Å². The van der Waals surface area contributed by atoms with E-state index >= 15 is 0 Å². The van der Waals surface area contributed by atoms with E-state index in [9.17, 15) is 9.59 Å². The lowest BCUT2D eigenvalue weighted by atomic mass is 10.0. The van der Waals surface area contributed by atoms with Gasteiger partial charge in [0.25, 0.3) is 0 Å². The predicted molar refractivity (Wildman–Crippen MR) is 98.5 cm³/mol. The Bertz CT molecular complexity index is 760. The maximum Gasteiger partial charge on any atom is 0.317 e. The third kappa shape index (κ3) is 5.05. The largest absolute Gasteiger partial charge is 0.481 e. The van der Waals surface area contributed by atoms with Crippen molar-refractivity contribution in [3.05, 3.63) is 54.4 Å². The Kier molecular flexibility index (Phi) is 5.84. The first-order chi connectivity index (χ1) is 12.6. The SMILES string of the molecule is O=C(O)CCCNC(=O)N(Cc1cccc(-c2cccnc2)c1)C1CC1. The van der Waals surface area contributed by atoms with Gasteiger partial charge in [-0.1, -0.05) is 24.3 Å². The molecule has 1 fully saturated rings. The molecular weight excluding hydrogens is 330 g/mol. The van der Waals surface area contributed by atoms with Crippen molar-refractivity contribution in [1.29, 1.82) is 0 Å². The number of amides is 2. The van der Waals surface area contributed by atoms with Gasteiger partial charge in [0.15, 0.2) is 0 Å². The quantitative estimate of drug-likeness (QED) is 0.714. The molecule has 0 atom stereocenters. The van der Waals surface area contributed by atoms with Crippen LogP contribution in [0.15, 0.2) is 48.8 Å². The summed E-state index contributed by atoms with van der Waals surface area (Å²) in [4.78, 5) is 29.1. The van der Waals surface area contributed by atoms with Crippen molar-refractivity contribution in [3.8, 4) is 11.1 Å². The number of nitrogens with zero attached hydrogens (tertiary/aromatic N) is 2. The molecule has 0 bridgehead atoms. The van der Waals surface area contributed by atoms with E-state index in [-0.39, 0.29) is 18.5 Å². The van der Waals surface area contributed by atoms with Crippen molar-refractivity contribution in [2.24, 2.45) is 0 Å². The molecule has 26 heavy (non-hydrogen) atoms. The first-order valence-electron chi connectivity index (χ1n) is 8.89. The van der Waals surface area contributed by atoms with Gasteiger partial charge in [-0.15, -0.1) is 0 Å². The van der Waals surface area contributed by atoms with Crippen LogP contribution in [0, 0.1) is 0 Å². The minimum atomic E-state index is -0.842. The molecule has 0 unspecified atom stereocenters. The normalized spacial score (nSPS) is 13.2. The van der Waals surface area contributed by atoms with E-state index in [0.717, 1.165) is 29.5 Å². The molecule has 0 aliphatic heterocycles. The number of hydrogen-bond donors (Lipinski definition) is 2. The summed E-state index contributed by atoms with van der Waals surface area (Å²) in [6.45, 7) is 0.924. The van der Waals surface area contributed by atoms with Crippen molar-refractivity contribution in [2.45, 2.75) is 38.3 Å². The first-order valence-corrected chi connectivity index (χ1v) is 8.89. The number of carboxylic acids is 1. The molecule has 1 aliphatic carbocycles. The van der Waals surface area contributed by atoms with Gasteiger partial charge in [-0.05, 0) is 48.1 Å². The maximum absolute atomic E-state index is 12.5. The highest BCUT2D eigenvalue weighted by atomic mass is 16.4. The lowest BCUT2D eigenvalue weighted by Gasteiger charge is -2.23. The molecule has 2 amide bonds. The average molecular weight is 353 g/mol. The number of carbonyl (C=O) groups is 2. The number of urea groups is 1. The molecule has 6 nitrogen and oxygen atoms in total. The monoisotopic (exact) mass is 353 g/mol. The van der Waals surface area contributed by atoms with Crippen LogP contribution in [0.25, 0.3) is 11.1 Å². The predicted octanol–water partition coefficient (Wildman–Crippen LogP) is 3.29. The standard InChI is InChI=1S/C20H23N3O3/c24-19(25)7-3-11-22-20(26)23(18-8-9-18)14-15-4-1-5-16(12-15)17-6-2-10-21-13-17/h1-2,4-6,10,12-13,18H,3,7-9,11,14H2,(H,22,26)(H,24,25). The van der Waals surface area contributed by atoms with Crippen molar-refractivity contribution < 1.29 is 14.7 Å². The second-order valence-electron chi connectivity index (χ2n) is 6.53. The van der Waals surface area contributed by atoms with Gasteiger partial charge in [-0.2, -0.15) is 0 Å². The van der Waals surface area contributed by atoms with E-state index in [1.807, 2.05) is 41.4 Å². The lowest BCUT2D eigenvalue weighted by Crippen LogP contribution is -2.41. The molecule has 2 aromatic rings. The van der Waals surface area contributed by atoms with Gasteiger partial charge < -0.3 is 15.3 Å². The van der Waals surface area contributed by atoms with Crippen LogP contribution < -0.4 is 5.32 Å². The van der Waals surface area contributed by atoms with Gasteiger partial charge in [0, 0.05) is 37.9 Å². The number of hydrogen-bond acceptors (Lipinski definition) is 3. The summed E-state index contributed by atoms with van der Waals surface area (Å²) in [7, 11) is 0. The molecule has 2 N–H and O–H groups in total. The Morgan fingerprint density at radius 1 is 1.19 bits per heavy atom. The summed E-state index contributed by atoms with van der Waals surface area (Å²) in [6.07, 6.45) is 6.12. The lowest BCUT2D eigenvalue weighted by molar-refractivity contribution is -0.137. The zero-order valence-corrected chi connectivity index (χ0v) is 14.6. The summed E-state index contributed by atoms with van der Waals surface area (Å²) in [5.74, 6) is -0.842. The van der Waals surface area contributed by atoms with E-state index in [2.05, 4.69) is 16.4 Å². The maximum atomic E-state index is 12.5. The zero-order valence-electron chi connectivity index (χ0n) is 14.6. The van der Waals surface area contributed by atoms with Crippen LogP contribution in [0.1, 0.15) is 31.2 Å². The number of nitrogens with one attached hydrogen (secondary N) is 1. The number of carboxylic acid groups (broad SMARTS) is 1. The molecule has 6 heteroatoms. The summed E-state index contributed by atoms with van der Waals surface area (Å²) >= 11 is 0. The Morgan fingerprint density at radius 3 is 2.69 bits per heavy atom. The Balaban J connectivity index is 1.63. The van der Waals surface area contributed by atoms with Gasteiger partial charge >= 0.3 is 12.0 Å².